The van der Waals surface area contributed by atoms with E-state index in [1.807, 2.05) is 12.4 Å². The van der Waals surface area contributed by atoms with Crippen molar-refractivity contribution >= 4 is 0 Å². The molecule has 1 saturated carbocycles. The van der Waals surface area contributed by atoms with Crippen LogP contribution in [0.15, 0.2) is 12.4 Å². The Kier molecular flexibility index (Phi) is 3.19. The Morgan fingerprint density at radius 3 is 3.00 bits per heavy atom. The molecule has 78 valence electrons. The number of nitrogens with one attached hydrogen (secondary N) is 2. The summed E-state index contributed by atoms with van der Waals surface area (Å²) in [6, 6.07) is 0.425. The zero-order valence-electron chi connectivity index (χ0n) is 8.79. The van der Waals surface area contributed by atoms with Gasteiger partial charge in [0.2, 0.25) is 0 Å². The van der Waals surface area contributed by atoms with Crippen molar-refractivity contribution in [3.8, 4) is 0 Å². The molecule has 14 heavy (non-hydrogen) atoms. The van der Waals surface area contributed by atoms with Gasteiger partial charge in [0.1, 0.15) is 0 Å². The van der Waals surface area contributed by atoms with Gasteiger partial charge in [-0.05, 0) is 32.2 Å². The van der Waals surface area contributed by atoms with Crippen molar-refractivity contribution in [1.29, 1.82) is 0 Å². The lowest BCUT2D eigenvalue weighted by molar-refractivity contribution is 0.452. The van der Waals surface area contributed by atoms with Crippen LogP contribution in [-0.4, -0.2) is 16.7 Å². The minimum atomic E-state index is 0.425. The van der Waals surface area contributed by atoms with Crippen molar-refractivity contribution in [1.82, 2.24) is 15.5 Å². The second kappa shape index (κ2) is 4.60. The monoisotopic (exact) mass is 193 g/mol. The number of aromatic amines is 1. The molecule has 1 aliphatic carbocycles. The van der Waals surface area contributed by atoms with Crippen LogP contribution in [-0.2, 0) is 0 Å². The molecule has 0 radical (unpaired) electrons. The molecule has 0 saturated heterocycles. The van der Waals surface area contributed by atoms with Crippen molar-refractivity contribution in [2.24, 2.45) is 5.92 Å². The van der Waals surface area contributed by atoms with E-state index in [1.54, 1.807) is 0 Å². The summed E-state index contributed by atoms with van der Waals surface area (Å²) in [6.07, 6.45) is 9.52. The van der Waals surface area contributed by atoms with Gasteiger partial charge in [-0.25, -0.2) is 0 Å². The minimum absolute atomic E-state index is 0.425. The summed E-state index contributed by atoms with van der Waals surface area (Å²) in [5.41, 5.74) is 1.25. The quantitative estimate of drug-likeness (QED) is 0.770. The van der Waals surface area contributed by atoms with E-state index in [-0.39, 0.29) is 0 Å². The van der Waals surface area contributed by atoms with Crippen molar-refractivity contribution < 1.29 is 0 Å². The van der Waals surface area contributed by atoms with E-state index in [4.69, 9.17) is 0 Å². The summed E-state index contributed by atoms with van der Waals surface area (Å²) in [7, 11) is 0. The molecule has 1 aromatic heterocycles. The van der Waals surface area contributed by atoms with Crippen molar-refractivity contribution in [2.75, 3.05) is 6.54 Å². The van der Waals surface area contributed by atoms with Crippen LogP contribution in [0, 0.1) is 5.92 Å². The topological polar surface area (TPSA) is 40.7 Å². The normalized spacial score (nSPS) is 20.1. The number of H-pyrrole nitrogens is 1. The maximum Gasteiger partial charge on any atom is 0.0534 e. The smallest absolute Gasteiger partial charge is 0.0534 e. The Labute approximate surface area is 85.3 Å². The van der Waals surface area contributed by atoms with Crippen molar-refractivity contribution in [2.45, 2.75) is 38.6 Å². The maximum atomic E-state index is 3.96. The third kappa shape index (κ3) is 2.35. The highest BCUT2D eigenvalue weighted by Gasteiger charge is 2.15. The minimum Gasteiger partial charge on any atom is -0.310 e. The van der Waals surface area contributed by atoms with E-state index in [0.717, 1.165) is 12.5 Å². The van der Waals surface area contributed by atoms with Gasteiger partial charge >= 0.3 is 0 Å². The van der Waals surface area contributed by atoms with Crippen LogP contribution in [0.1, 0.15) is 44.2 Å². The highest BCUT2D eigenvalue weighted by atomic mass is 15.1. The first-order valence-corrected chi connectivity index (χ1v) is 5.58. The van der Waals surface area contributed by atoms with Gasteiger partial charge in [-0.2, -0.15) is 5.10 Å². The number of hydrogen-bond donors (Lipinski definition) is 2. The van der Waals surface area contributed by atoms with Gasteiger partial charge in [-0.3, -0.25) is 5.10 Å². The van der Waals surface area contributed by atoms with E-state index in [1.165, 1.54) is 31.2 Å². The molecule has 0 aliphatic heterocycles. The molecule has 1 aromatic rings. The third-order valence-electron chi connectivity index (χ3n) is 3.21. The zero-order chi connectivity index (χ0) is 9.80. The number of nitrogens with zero attached hydrogens (tertiary/aromatic N) is 1. The molecule has 1 heterocycles. The molecule has 0 spiro atoms. The summed E-state index contributed by atoms with van der Waals surface area (Å²) in [4.78, 5) is 0. The summed E-state index contributed by atoms with van der Waals surface area (Å²) < 4.78 is 0. The van der Waals surface area contributed by atoms with Gasteiger partial charge in [-0.15, -0.1) is 0 Å². The molecule has 0 bridgehead atoms. The Bertz CT molecular complexity index is 250. The molecule has 3 nitrogen and oxygen atoms in total. The number of aromatic nitrogens is 2. The standard InChI is InChI=1S/C11H19N3/c1-9(11-7-13-14-8-11)12-6-10-4-2-3-5-10/h7-10,12H,2-6H2,1H3,(H,13,14). The summed E-state index contributed by atoms with van der Waals surface area (Å²) in [5, 5.41) is 10.4. The lowest BCUT2D eigenvalue weighted by Crippen LogP contribution is -2.24. The summed E-state index contributed by atoms with van der Waals surface area (Å²) in [5.74, 6) is 0.907. The van der Waals surface area contributed by atoms with Gasteiger partial charge in [0.15, 0.2) is 0 Å². The molecule has 2 rings (SSSR count). The largest absolute Gasteiger partial charge is 0.310 e. The molecule has 3 heteroatoms. The fourth-order valence-electron chi connectivity index (χ4n) is 2.17. The molecule has 1 unspecified atom stereocenters. The lowest BCUT2D eigenvalue weighted by Gasteiger charge is -2.15. The van der Waals surface area contributed by atoms with E-state index in [0.29, 0.717) is 6.04 Å². The van der Waals surface area contributed by atoms with Crippen LogP contribution < -0.4 is 5.32 Å². The second-order valence-corrected chi connectivity index (χ2v) is 4.31. The SMILES string of the molecule is CC(NCC1CCCC1)c1cn[nH]c1. The molecular weight excluding hydrogens is 174 g/mol. The van der Waals surface area contributed by atoms with Crippen LogP contribution in [0.5, 0.6) is 0 Å². The Hall–Kier alpha value is -0.830. The molecule has 0 aromatic carbocycles. The van der Waals surface area contributed by atoms with E-state index < -0.39 is 0 Å². The van der Waals surface area contributed by atoms with E-state index >= 15 is 0 Å². The molecule has 1 fully saturated rings. The maximum absolute atomic E-state index is 3.96. The molecule has 2 N–H and O–H groups in total. The third-order valence-corrected chi connectivity index (χ3v) is 3.21. The fraction of sp³-hybridized carbons (Fsp3) is 0.727. The average Bonchev–Trinajstić information content (AvgIpc) is 2.87. The number of hydrogen-bond acceptors (Lipinski definition) is 2. The second-order valence-electron chi connectivity index (χ2n) is 4.31. The fourth-order valence-corrected chi connectivity index (χ4v) is 2.17. The highest BCUT2D eigenvalue weighted by Crippen LogP contribution is 2.24. The van der Waals surface area contributed by atoms with E-state index in [2.05, 4.69) is 22.4 Å². The van der Waals surface area contributed by atoms with Gasteiger partial charge in [-0.1, -0.05) is 12.8 Å². The highest BCUT2D eigenvalue weighted by molar-refractivity contribution is 5.07. The Morgan fingerprint density at radius 1 is 1.57 bits per heavy atom. The molecule has 1 aliphatic rings. The van der Waals surface area contributed by atoms with Crippen molar-refractivity contribution in [3.63, 3.8) is 0 Å². The van der Waals surface area contributed by atoms with Crippen LogP contribution >= 0.6 is 0 Å². The Morgan fingerprint density at radius 2 is 2.36 bits per heavy atom. The predicted molar refractivity (Wildman–Crippen MR) is 57.0 cm³/mol. The zero-order valence-corrected chi connectivity index (χ0v) is 8.79. The predicted octanol–water partition coefficient (Wildman–Crippen LogP) is 2.25. The first-order valence-electron chi connectivity index (χ1n) is 5.58. The van der Waals surface area contributed by atoms with Crippen LogP contribution in [0.4, 0.5) is 0 Å². The van der Waals surface area contributed by atoms with E-state index in [9.17, 15) is 0 Å². The average molecular weight is 193 g/mol. The Balaban J connectivity index is 1.74. The first kappa shape index (κ1) is 9.71. The van der Waals surface area contributed by atoms with Gasteiger partial charge in [0.05, 0.1) is 6.20 Å². The molecular formula is C11H19N3. The lowest BCUT2D eigenvalue weighted by atomic mass is 10.1. The number of rotatable bonds is 4. The van der Waals surface area contributed by atoms with Crippen molar-refractivity contribution in [3.05, 3.63) is 18.0 Å². The summed E-state index contributed by atoms with van der Waals surface area (Å²) in [6.45, 7) is 3.35. The van der Waals surface area contributed by atoms with Gasteiger partial charge in [0, 0.05) is 17.8 Å². The van der Waals surface area contributed by atoms with Crippen LogP contribution in [0.3, 0.4) is 0 Å². The molecule has 0 amide bonds. The first-order chi connectivity index (χ1) is 6.86. The van der Waals surface area contributed by atoms with Gasteiger partial charge in [0.25, 0.3) is 0 Å². The molecule has 1 atom stereocenters. The van der Waals surface area contributed by atoms with Crippen LogP contribution in [0.2, 0.25) is 0 Å². The van der Waals surface area contributed by atoms with Crippen LogP contribution in [0.25, 0.3) is 0 Å². The summed E-state index contributed by atoms with van der Waals surface area (Å²) >= 11 is 0. The van der Waals surface area contributed by atoms with Gasteiger partial charge < -0.3 is 5.32 Å².